The molecule has 1 aliphatic rings. The molecular formula is C20H20FN5O3. The van der Waals surface area contributed by atoms with Crippen LogP contribution in [0.5, 0.6) is 5.75 Å². The molecule has 0 atom stereocenters. The number of halogens is 1. The lowest BCUT2D eigenvalue weighted by Crippen LogP contribution is -2.36. The Labute approximate surface area is 166 Å². The number of carbonyl (C=O) groups excluding carboxylic acids is 1. The molecule has 8 nitrogen and oxygen atoms in total. The number of rotatable bonds is 4. The number of benzene rings is 1. The number of morpholine rings is 1. The maximum atomic E-state index is 13.9. The third kappa shape index (κ3) is 3.90. The van der Waals surface area contributed by atoms with E-state index in [1.54, 1.807) is 25.1 Å². The first-order valence-corrected chi connectivity index (χ1v) is 9.18. The van der Waals surface area contributed by atoms with Crippen molar-refractivity contribution in [2.45, 2.75) is 6.92 Å². The summed E-state index contributed by atoms with van der Waals surface area (Å²) in [5.41, 5.74) is 1.07. The van der Waals surface area contributed by atoms with E-state index in [2.05, 4.69) is 20.3 Å². The van der Waals surface area contributed by atoms with E-state index in [4.69, 9.17) is 4.74 Å². The van der Waals surface area contributed by atoms with Crippen LogP contribution < -0.4 is 10.2 Å². The van der Waals surface area contributed by atoms with Gasteiger partial charge in [-0.15, -0.1) is 0 Å². The minimum atomic E-state index is -0.610. The zero-order valence-electron chi connectivity index (χ0n) is 15.8. The van der Waals surface area contributed by atoms with E-state index < -0.39 is 11.7 Å². The Morgan fingerprint density at radius 1 is 1.21 bits per heavy atom. The van der Waals surface area contributed by atoms with Gasteiger partial charge in [0.2, 0.25) is 0 Å². The van der Waals surface area contributed by atoms with E-state index in [-0.39, 0.29) is 17.1 Å². The lowest BCUT2D eigenvalue weighted by Gasteiger charge is -2.28. The first kappa shape index (κ1) is 18.9. The van der Waals surface area contributed by atoms with Crippen LogP contribution in [0.2, 0.25) is 0 Å². The molecule has 29 heavy (non-hydrogen) atoms. The molecule has 0 aliphatic carbocycles. The molecule has 9 heteroatoms. The van der Waals surface area contributed by atoms with Crippen molar-refractivity contribution in [2.24, 2.45) is 0 Å². The number of aryl methyl sites for hydroxylation is 1. The number of nitrogens with one attached hydrogen (secondary N) is 1. The molecule has 0 bridgehead atoms. The lowest BCUT2D eigenvalue weighted by molar-refractivity contribution is 0.101. The molecule has 3 heterocycles. The first-order valence-electron chi connectivity index (χ1n) is 9.18. The van der Waals surface area contributed by atoms with Crippen LogP contribution >= 0.6 is 0 Å². The third-order valence-corrected chi connectivity index (χ3v) is 4.66. The van der Waals surface area contributed by atoms with Crippen LogP contribution in [-0.4, -0.2) is 52.1 Å². The largest absolute Gasteiger partial charge is 0.504 e. The van der Waals surface area contributed by atoms with Gasteiger partial charge in [-0.05, 0) is 31.2 Å². The highest BCUT2D eigenvalue weighted by Crippen LogP contribution is 2.23. The molecule has 1 aromatic carbocycles. The number of aromatic nitrogens is 3. The number of hydrogen-bond donors (Lipinski definition) is 2. The molecule has 4 rings (SSSR count). The number of carbonyl (C=O) groups is 1. The second-order valence-corrected chi connectivity index (χ2v) is 6.61. The highest BCUT2D eigenvalue weighted by molar-refractivity contribution is 6.05. The van der Waals surface area contributed by atoms with Crippen molar-refractivity contribution in [3.05, 3.63) is 59.8 Å². The summed E-state index contributed by atoms with van der Waals surface area (Å²) < 4.78 is 20.4. The van der Waals surface area contributed by atoms with Crippen molar-refractivity contribution in [3.63, 3.8) is 0 Å². The van der Waals surface area contributed by atoms with E-state index in [1.165, 1.54) is 18.3 Å². The van der Waals surface area contributed by atoms with Crippen molar-refractivity contribution < 1.29 is 19.0 Å². The minimum Gasteiger partial charge on any atom is -0.504 e. The fourth-order valence-electron chi connectivity index (χ4n) is 3.12. The predicted octanol–water partition coefficient (Wildman–Crippen LogP) is 2.51. The summed E-state index contributed by atoms with van der Waals surface area (Å²) >= 11 is 0. The molecule has 150 valence electrons. The van der Waals surface area contributed by atoms with Crippen LogP contribution in [0.15, 0.2) is 42.6 Å². The Hall–Kier alpha value is -3.46. The molecule has 0 spiro atoms. The molecule has 0 unspecified atom stereocenters. The van der Waals surface area contributed by atoms with Crippen LogP contribution in [0.3, 0.4) is 0 Å². The average molecular weight is 397 g/mol. The molecule has 1 fully saturated rings. The van der Waals surface area contributed by atoms with Crippen molar-refractivity contribution in [2.75, 3.05) is 36.5 Å². The van der Waals surface area contributed by atoms with E-state index in [0.29, 0.717) is 24.6 Å². The number of hydrogen-bond acceptors (Lipinski definition) is 6. The van der Waals surface area contributed by atoms with Crippen molar-refractivity contribution in [1.82, 2.24) is 14.8 Å². The van der Waals surface area contributed by atoms with E-state index in [0.717, 1.165) is 23.6 Å². The lowest BCUT2D eigenvalue weighted by atomic mass is 10.2. The topological polar surface area (TPSA) is 92.5 Å². The van der Waals surface area contributed by atoms with Gasteiger partial charge in [-0.2, -0.15) is 5.10 Å². The number of pyridine rings is 1. The maximum Gasteiger partial charge on any atom is 0.280 e. The molecule has 2 aromatic heterocycles. The van der Waals surface area contributed by atoms with Gasteiger partial charge in [0.15, 0.2) is 11.4 Å². The molecular weight excluding hydrogens is 377 g/mol. The number of amides is 1. The molecule has 3 aromatic rings. The van der Waals surface area contributed by atoms with Crippen molar-refractivity contribution in [3.8, 4) is 11.4 Å². The number of nitrogens with zero attached hydrogens (tertiary/aromatic N) is 4. The van der Waals surface area contributed by atoms with Crippen molar-refractivity contribution >= 4 is 17.4 Å². The van der Waals surface area contributed by atoms with Crippen LogP contribution in [0.4, 0.5) is 15.9 Å². The highest BCUT2D eigenvalue weighted by atomic mass is 19.1. The van der Waals surface area contributed by atoms with Gasteiger partial charge in [-0.3, -0.25) is 4.79 Å². The monoisotopic (exact) mass is 397 g/mol. The number of ether oxygens (including phenoxy) is 1. The first-order chi connectivity index (χ1) is 14.0. The quantitative estimate of drug-likeness (QED) is 0.703. The summed E-state index contributed by atoms with van der Waals surface area (Å²) in [6.45, 7) is 4.63. The van der Waals surface area contributed by atoms with Crippen LogP contribution in [0, 0.1) is 12.7 Å². The number of aromatic hydroxyl groups is 1. The molecule has 2 N–H and O–H groups in total. The highest BCUT2D eigenvalue weighted by Gasteiger charge is 2.20. The molecule has 1 aliphatic heterocycles. The Balaban J connectivity index is 1.53. The SMILES string of the molecule is Cc1nc(N2CCOCC2)ccc1NC(=O)c1nn(-c2ccccc2F)cc1O. The molecule has 0 radical (unpaired) electrons. The van der Waals surface area contributed by atoms with Gasteiger partial charge in [0.25, 0.3) is 5.91 Å². The third-order valence-electron chi connectivity index (χ3n) is 4.66. The maximum absolute atomic E-state index is 13.9. The number of para-hydroxylation sites is 1. The van der Waals surface area contributed by atoms with Crippen LogP contribution in [-0.2, 0) is 4.74 Å². The Morgan fingerprint density at radius 2 is 1.97 bits per heavy atom. The van der Waals surface area contributed by atoms with Gasteiger partial charge in [-0.1, -0.05) is 12.1 Å². The normalized spacial score (nSPS) is 14.1. The van der Waals surface area contributed by atoms with E-state index >= 15 is 0 Å². The van der Waals surface area contributed by atoms with E-state index in [1.807, 2.05) is 6.07 Å². The average Bonchev–Trinajstić information content (AvgIpc) is 3.12. The zero-order valence-corrected chi connectivity index (χ0v) is 15.8. The molecule has 0 saturated carbocycles. The summed E-state index contributed by atoms with van der Waals surface area (Å²) in [6.07, 6.45) is 1.19. The fourth-order valence-corrected chi connectivity index (χ4v) is 3.12. The molecule has 1 amide bonds. The number of anilines is 2. The van der Waals surface area contributed by atoms with Gasteiger partial charge in [-0.25, -0.2) is 14.1 Å². The minimum absolute atomic E-state index is 0.134. The summed E-state index contributed by atoms with van der Waals surface area (Å²) in [5, 5.41) is 16.8. The Morgan fingerprint density at radius 3 is 2.69 bits per heavy atom. The van der Waals surface area contributed by atoms with Gasteiger partial charge in [0.05, 0.1) is 30.8 Å². The zero-order chi connectivity index (χ0) is 20.4. The smallest absolute Gasteiger partial charge is 0.280 e. The Bertz CT molecular complexity index is 1050. The second kappa shape index (κ2) is 7.88. The molecule has 1 saturated heterocycles. The summed E-state index contributed by atoms with van der Waals surface area (Å²) in [7, 11) is 0. The summed E-state index contributed by atoms with van der Waals surface area (Å²) in [4.78, 5) is 19.3. The fraction of sp³-hybridized carbons (Fsp3) is 0.250. The second-order valence-electron chi connectivity index (χ2n) is 6.61. The standard InChI is InChI=1S/C20H20FN5O3/c1-13-15(6-7-18(22-13)25-8-10-29-11-9-25)23-20(28)19-17(27)12-26(24-19)16-5-3-2-4-14(16)21/h2-7,12,27H,8-11H2,1H3,(H,23,28). The predicted molar refractivity (Wildman–Crippen MR) is 105 cm³/mol. The van der Waals surface area contributed by atoms with Gasteiger partial charge >= 0.3 is 0 Å². The van der Waals surface area contributed by atoms with Crippen LogP contribution in [0.25, 0.3) is 5.69 Å². The van der Waals surface area contributed by atoms with Gasteiger partial charge in [0.1, 0.15) is 17.3 Å². The van der Waals surface area contributed by atoms with Crippen molar-refractivity contribution in [1.29, 1.82) is 0 Å². The van der Waals surface area contributed by atoms with Crippen LogP contribution in [0.1, 0.15) is 16.2 Å². The van der Waals surface area contributed by atoms with E-state index in [9.17, 15) is 14.3 Å². The summed E-state index contributed by atoms with van der Waals surface area (Å²) in [6, 6.07) is 9.55. The summed E-state index contributed by atoms with van der Waals surface area (Å²) in [5.74, 6) is -0.654. The Kier molecular flexibility index (Phi) is 5.13. The van der Waals surface area contributed by atoms with Gasteiger partial charge < -0.3 is 20.1 Å². The van der Waals surface area contributed by atoms with Gasteiger partial charge in [0, 0.05) is 13.1 Å².